The fourth-order valence-electron chi connectivity index (χ4n) is 5.05. The summed E-state index contributed by atoms with van der Waals surface area (Å²) in [6.45, 7) is 6.03. The molecule has 0 bridgehead atoms. The number of quaternary nitrogens is 1. The smallest absolute Gasteiger partial charge is 0.257 e. The predicted molar refractivity (Wildman–Crippen MR) is 157 cm³/mol. The van der Waals surface area contributed by atoms with E-state index in [-0.39, 0.29) is 18.3 Å². The molecule has 3 nitrogen and oxygen atoms in total. The summed E-state index contributed by atoms with van der Waals surface area (Å²) < 4.78 is 16.7. The molecule has 0 saturated carbocycles. The van der Waals surface area contributed by atoms with Crippen LogP contribution in [0.1, 0.15) is 162 Å². The first-order valence-electron chi connectivity index (χ1n) is 16.0. The molecule has 0 rings (SSSR count). The number of hydrogen-bond donors (Lipinski definition) is 1. The minimum absolute atomic E-state index is 0. The lowest BCUT2D eigenvalue weighted by molar-refractivity contribution is -0.870. The summed E-state index contributed by atoms with van der Waals surface area (Å²) >= 11 is 0. The third-order valence-electron chi connectivity index (χ3n) is 7.55. The minimum atomic E-state index is -1.68. The average molecular weight is 549 g/mol. The molecule has 0 aromatic carbocycles. The van der Waals surface area contributed by atoms with Crippen molar-refractivity contribution in [2.75, 3.05) is 34.2 Å². The summed E-state index contributed by atoms with van der Waals surface area (Å²) in [5.41, 5.74) is -1.68. The van der Waals surface area contributed by atoms with Gasteiger partial charge in [-0.1, -0.05) is 129 Å². The highest BCUT2D eigenvalue weighted by Gasteiger charge is 2.37. The molecule has 1 N–H and O–H groups in total. The molecule has 0 aliphatic rings. The molecule has 0 aliphatic heterocycles. The highest BCUT2D eigenvalue weighted by atomic mass is 35.5. The van der Waals surface area contributed by atoms with E-state index >= 15 is 4.39 Å². The van der Waals surface area contributed by atoms with Gasteiger partial charge in [0.25, 0.3) is 5.91 Å². The van der Waals surface area contributed by atoms with Crippen molar-refractivity contribution in [3.05, 3.63) is 0 Å². The fourth-order valence-corrected chi connectivity index (χ4v) is 5.05. The molecule has 1 unspecified atom stereocenters. The molecule has 0 aromatic rings. The Labute approximate surface area is 238 Å². The normalized spacial score (nSPS) is 13.2. The van der Waals surface area contributed by atoms with Gasteiger partial charge < -0.3 is 22.2 Å². The summed E-state index contributed by atoms with van der Waals surface area (Å²) in [6.07, 6.45) is 26.6. The molecule has 0 heterocycles. The van der Waals surface area contributed by atoms with E-state index in [0.29, 0.717) is 19.4 Å². The van der Waals surface area contributed by atoms with Gasteiger partial charge in [-0.15, -0.1) is 0 Å². The maximum atomic E-state index is 15.8. The Hall–Kier alpha value is -0.350. The zero-order valence-corrected chi connectivity index (χ0v) is 26.5. The molecule has 1 amide bonds. The van der Waals surface area contributed by atoms with Gasteiger partial charge in [0.15, 0.2) is 5.67 Å². The standard InChI is InChI=1S/C32H65FN2O.ClH/c1-6-8-10-12-13-14-15-16-17-18-19-20-21-23-25-28-32(33,27-24-22-11-9-7-2)31(36)34-29-26-30-35(3,4)5;/h6-30H2,1-5H3;1H. The molecule has 0 fully saturated rings. The van der Waals surface area contributed by atoms with Gasteiger partial charge in [0, 0.05) is 13.0 Å². The van der Waals surface area contributed by atoms with E-state index in [1.165, 1.54) is 96.3 Å². The van der Waals surface area contributed by atoms with Crippen LogP contribution in [-0.4, -0.2) is 50.3 Å². The van der Waals surface area contributed by atoms with Gasteiger partial charge in [-0.05, 0) is 25.7 Å². The van der Waals surface area contributed by atoms with Gasteiger partial charge in [-0.25, -0.2) is 4.39 Å². The summed E-state index contributed by atoms with van der Waals surface area (Å²) in [7, 11) is 6.44. The Bertz CT molecular complexity index is 498. The van der Waals surface area contributed by atoms with Crippen molar-refractivity contribution >= 4 is 5.91 Å². The third kappa shape index (κ3) is 25.7. The number of amides is 1. The van der Waals surface area contributed by atoms with E-state index in [9.17, 15) is 4.79 Å². The number of alkyl halides is 1. The van der Waals surface area contributed by atoms with Crippen molar-refractivity contribution in [1.82, 2.24) is 5.32 Å². The lowest BCUT2D eigenvalue weighted by Crippen LogP contribution is -3.00. The number of rotatable bonds is 27. The number of carbonyl (C=O) groups excluding carboxylic acids is 1. The van der Waals surface area contributed by atoms with Crippen LogP contribution < -0.4 is 17.7 Å². The van der Waals surface area contributed by atoms with Crippen LogP contribution in [0.4, 0.5) is 4.39 Å². The van der Waals surface area contributed by atoms with Gasteiger partial charge >= 0.3 is 0 Å². The van der Waals surface area contributed by atoms with Gasteiger partial charge in [-0.3, -0.25) is 4.79 Å². The van der Waals surface area contributed by atoms with E-state index in [1.807, 2.05) is 0 Å². The second-order valence-electron chi connectivity index (χ2n) is 12.5. The maximum Gasteiger partial charge on any atom is 0.257 e. The first-order chi connectivity index (χ1) is 17.2. The summed E-state index contributed by atoms with van der Waals surface area (Å²) in [6, 6.07) is 0. The Morgan fingerprint density at radius 1 is 0.595 bits per heavy atom. The van der Waals surface area contributed by atoms with Crippen molar-refractivity contribution in [3.8, 4) is 0 Å². The molecule has 0 saturated heterocycles. The first-order valence-corrected chi connectivity index (χ1v) is 16.0. The lowest BCUT2D eigenvalue weighted by atomic mass is 9.90. The van der Waals surface area contributed by atoms with Crippen molar-refractivity contribution in [2.24, 2.45) is 0 Å². The molecule has 0 aliphatic carbocycles. The van der Waals surface area contributed by atoms with Crippen LogP contribution in [0, 0.1) is 0 Å². The zero-order chi connectivity index (χ0) is 27.0. The summed E-state index contributed by atoms with van der Waals surface area (Å²) in [4.78, 5) is 12.8. The van der Waals surface area contributed by atoms with Crippen LogP contribution in [0.15, 0.2) is 0 Å². The largest absolute Gasteiger partial charge is 1.00 e. The first kappa shape index (κ1) is 38.8. The number of hydrogen-bond acceptors (Lipinski definition) is 1. The summed E-state index contributed by atoms with van der Waals surface area (Å²) in [5, 5.41) is 2.93. The molecule has 0 radical (unpaired) electrons. The maximum absolute atomic E-state index is 15.8. The van der Waals surface area contributed by atoms with Gasteiger partial charge in [0.2, 0.25) is 0 Å². The molecular weight excluding hydrogens is 483 g/mol. The van der Waals surface area contributed by atoms with Crippen LogP contribution in [0.5, 0.6) is 0 Å². The van der Waals surface area contributed by atoms with Crippen molar-refractivity contribution in [1.29, 1.82) is 0 Å². The Balaban J connectivity index is 0. The Morgan fingerprint density at radius 3 is 1.24 bits per heavy atom. The predicted octanol–water partition coefficient (Wildman–Crippen LogP) is 6.53. The van der Waals surface area contributed by atoms with E-state index < -0.39 is 5.67 Å². The van der Waals surface area contributed by atoms with E-state index in [0.717, 1.165) is 49.6 Å². The van der Waals surface area contributed by atoms with Crippen LogP contribution in [0.25, 0.3) is 0 Å². The lowest BCUT2D eigenvalue weighted by Gasteiger charge is -2.26. The molecule has 5 heteroatoms. The SMILES string of the molecule is CCCCCCCCCCCCCCCCCC(F)(CCCCCCC)C(=O)NCCC[N+](C)(C)C.[Cl-]. The molecule has 1 atom stereocenters. The zero-order valence-electron chi connectivity index (χ0n) is 25.8. The average Bonchev–Trinajstić information content (AvgIpc) is 2.83. The topological polar surface area (TPSA) is 29.1 Å². The highest BCUT2D eigenvalue weighted by molar-refractivity contribution is 5.84. The minimum Gasteiger partial charge on any atom is -1.00 e. The molecular formula is C32H66ClFN2O. The van der Waals surface area contributed by atoms with Crippen LogP contribution in [0.2, 0.25) is 0 Å². The second kappa shape index (κ2) is 25.9. The number of carbonyl (C=O) groups is 1. The number of halogens is 2. The van der Waals surface area contributed by atoms with Crippen molar-refractivity contribution < 1.29 is 26.1 Å². The molecule has 224 valence electrons. The Kier molecular flexibility index (Phi) is 27.2. The van der Waals surface area contributed by atoms with Gasteiger partial charge in [0.05, 0.1) is 27.7 Å². The van der Waals surface area contributed by atoms with Crippen LogP contribution >= 0.6 is 0 Å². The molecule has 0 aromatic heterocycles. The molecule has 37 heavy (non-hydrogen) atoms. The monoisotopic (exact) mass is 548 g/mol. The van der Waals surface area contributed by atoms with E-state index in [2.05, 4.69) is 40.3 Å². The highest BCUT2D eigenvalue weighted by Crippen LogP contribution is 2.28. The van der Waals surface area contributed by atoms with E-state index in [1.54, 1.807) is 0 Å². The Morgan fingerprint density at radius 2 is 0.919 bits per heavy atom. The molecule has 0 spiro atoms. The second-order valence-corrected chi connectivity index (χ2v) is 12.5. The third-order valence-corrected chi connectivity index (χ3v) is 7.55. The quantitative estimate of drug-likeness (QED) is 0.0917. The van der Waals surface area contributed by atoms with E-state index in [4.69, 9.17) is 0 Å². The number of nitrogens with one attached hydrogen (secondary N) is 1. The van der Waals surface area contributed by atoms with Gasteiger partial charge in [0.1, 0.15) is 0 Å². The van der Waals surface area contributed by atoms with Crippen molar-refractivity contribution in [3.63, 3.8) is 0 Å². The van der Waals surface area contributed by atoms with Gasteiger partial charge in [-0.2, -0.15) is 0 Å². The van der Waals surface area contributed by atoms with Crippen LogP contribution in [-0.2, 0) is 4.79 Å². The fraction of sp³-hybridized carbons (Fsp3) is 0.969. The van der Waals surface area contributed by atoms with Crippen LogP contribution in [0.3, 0.4) is 0 Å². The van der Waals surface area contributed by atoms with Crippen molar-refractivity contribution in [2.45, 2.75) is 167 Å². The number of unbranched alkanes of at least 4 members (excludes halogenated alkanes) is 18. The summed E-state index contributed by atoms with van der Waals surface area (Å²) in [5.74, 6) is -0.357. The number of nitrogens with zero attached hydrogens (tertiary/aromatic N) is 1.